The van der Waals surface area contributed by atoms with E-state index in [1.54, 1.807) is 7.11 Å². The first-order chi connectivity index (χ1) is 10.3. The lowest BCUT2D eigenvalue weighted by Gasteiger charge is -2.12. The Hall–Kier alpha value is -1.75. The molecule has 112 valence electrons. The number of ether oxygens (including phenoxy) is 1. The van der Waals surface area contributed by atoms with Gasteiger partial charge in [-0.2, -0.15) is 0 Å². The van der Waals surface area contributed by atoms with Crippen LogP contribution in [0.2, 0.25) is 5.02 Å². The van der Waals surface area contributed by atoms with Crippen LogP contribution in [0.1, 0.15) is 30.7 Å². The molecule has 3 rings (SSSR count). The third kappa shape index (κ3) is 3.13. The van der Waals surface area contributed by atoms with E-state index in [4.69, 9.17) is 16.3 Å². The molecule has 0 aliphatic carbocycles. The lowest BCUT2D eigenvalue weighted by Crippen LogP contribution is -2.09. The van der Waals surface area contributed by atoms with Crippen LogP contribution in [0.5, 0.6) is 5.75 Å². The van der Waals surface area contributed by atoms with E-state index in [0.29, 0.717) is 11.6 Å². The van der Waals surface area contributed by atoms with Crippen LogP contribution in [0.25, 0.3) is 0 Å². The molecule has 1 N–H and O–H groups in total. The molecule has 0 saturated heterocycles. The fourth-order valence-corrected chi connectivity index (χ4v) is 2.87. The van der Waals surface area contributed by atoms with Crippen molar-refractivity contribution in [3.63, 3.8) is 0 Å². The van der Waals surface area contributed by atoms with Crippen molar-refractivity contribution in [2.45, 2.75) is 38.8 Å². The van der Waals surface area contributed by atoms with Gasteiger partial charge in [-0.3, -0.25) is 4.57 Å². The molecule has 1 aromatic carbocycles. The van der Waals surface area contributed by atoms with Crippen molar-refractivity contribution in [3.8, 4) is 5.75 Å². The van der Waals surface area contributed by atoms with Crippen molar-refractivity contribution in [2.75, 3.05) is 12.4 Å². The molecule has 2 heterocycles. The Morgan fingerprint density at radius 1 is 1.29 bits per heavy atom. The van der Waals surface area contributed by atoms with E-state index in [9.17, 15) is 0 Å². The largest absolute Gasteiger partial charge is 0.496 e. The summed E-state index contributed by atoms with van der Waals surface area (Å²) in [6, 6.07) is 5.61. The Bertz CT molecular complexity index is 626. The highest BCUT2D eigenvalue weighted by Gasteiger charge is 2.14. The molecule has 5 nitrogen and oxygen atoms in total. The molecule has 0 saturated carbocycles. The zero-order chi connectivity index (χ0) is 14.7. The molecule has 21 heavy (non-hydrogen) atoms. The van der Waals surface area contributed by atoms with Crippen LogP contribution in [0.3, 0.4) is 0 Å². The van der Waals surface area contributed by atoms with Crippen molar-refractivity contribution in [2.24, 2.45) is 0 Å². The van der Waals surface area contributed by atoms with Crippen molar-refractivity contribution in [1.82, 2.24) is 14.8 Å². The van der Waals surface area contributed by atoms with Gasteiger partial charge in [0.05, 0.1) is 7.11 Å². The van der Waals surface area contributed by atoms with E-state index in [0.717, 1.165) is 36.1 Å². The summed E-state index contributed by atoms with van der Waals surface area (Å²) >= 11 is 6.05. The molecule has 1 aliphatic heterocycles. The number of halogens is 1. The van der Waals surface area contributed by atoms with Crippen LogP contribution in [0.15, 0.2) is 18.2 Å². The van der Waals surface area contributed by atoms with Gasteiger partial charge in [-0.05, 0) is 31.0 Å². The van der Waals surface area contributed by atoms with Gasteiger partial charge in [0, 0.05) is 30.1 Å². The zero-order valence-corrected chi connectivity index (χ0v) is 12.9. The number of aromatic nitrogens is 3. The highest BCUT2D eigenvalue weighted by atomic mass is 35.5. The van der Waals surface area contributed by atoms with Gasteiger partial charge in [0.15, 0.2) is 0 Å². The van der Waals surface area contributed by atoms with E-state index < -0.39 is 0 Å². The number of nitrogens with one attached hydrogen (secondary N) is 1. The quantitative estimate of drug-likeness (QED) is 0.942. The molecule has 6 heteroatoms. The minimum atomic E-state index is 0.613. The Labute approximate surface area is 129 Å². The minimum Gasteiger partial charge on any atom is -0.496 e. The standard InChI is InChI=1S/C15H19ClN4O/c1-21-13-7-6-12(16)9-11(13)10-17-15-19-18-14-5-3-2-4-8-20(14)15/h6-7,9H,2-5,8,10H2,1H3,(H,17,19). The summed E-state index contributed by atoms with van der Waals surface area (Å²) in [4.78, 5) is 0. The Morgan fingerprint density at radius 2 is 2.19 bits per heavy atom. The van der Waals surface area contributed by atoms with E-state index in [1.165, 1.54) is 19.3 Å². The second-order valence-corrected chi connectivity index (χ2v) is 5.65. The number of hydrogen-bond donors (Lipinski definition) is 1. The van der Waals surface area contributed by atoms with Crippen LogP contribution in [-0.2, 0) is 19.5 Å². The molecule has 0 radical (unpaired) electrons. The lowest BCUT2D eigenvalue weighted by molar-refractivity contribution is 0.410. The monoisotopic (exact) mass is 306 g/mol. The summed E-state index contributed by atoms with van der Waals surface area (Å²) in [5.41, 5.74) is 1.01. The van der Waals surface area contributed by atoms with E-state index in [-0.39, 0.29) is 0 Å². The summed E-state index contributed by atoms with van der Waals surface area (Å²) in [6.07, 6.45) is 4.64. The first-order valence-electron chi connectivity index (χ1n) is 7.26. The molecule has 0 spiro atoms. The molecule has 0 amide bonds. The molecule has 0 fully saturated rings. The third-order valence-electron chi connectivity index (χ3n) is 3.79. The van der Waals surface area contributed by atoms with Crippen LogP contribution in [0.4, 0.5) is 5.95 Å². The molecule has 0 atom stereocenters. The molecular formula is C15H19ClN4O. The van der Waals surface area contributed by atoms with Gasteiger partial charge in [-0.1, -0.05) is 18.0 Å². The Balaban J connectivity index is 1.76. The fraction of sp³-hybridized carbons (Fsp3) is 0.467. The van der Waals surface area contributed by atoms with Crippen LogP contribution < -0.4 is 10.1 Å². The van der Waals surface area contributed by atoms with Gasteiger partial charge in [-0.15, -0.1) is 10.2 Å². The summed E-state index contributed by atoms with van der Waals surface area (Å²) in [6.45, 7) is 1.60. The third-order valence-corrected chi connectivity index (χ3v) is 4.02. The summed E-state index contributed by atoms with van der Waals surface area (Å²) in [7, 11) is 1.66. The van der Waals surface area contributed by atoms with E-state index >= 15 is 0 Å². The van der Waals surface area contributed by atoms with E-state index in [2.05, 4.69) is 20.1 Å². The predicted molar refractivity (Wildman–Crippen MR) is 82.9 cm³/mol. The predicted octanol–water partition coefficient (Wildman–Crippen LogP) is 3.28. The number of nitrogens with zero attached hydrogens (tertiary/aromatic N) is 3. The van der Waals surface area contributed by atoms with Crippen molar-refractivity contribution in [1.29, 1.82) is 0 Å². The first kappa shape index (κ1) is 14.2. The lowest BCUT2D eigenvalue weighted by atomic mass is 10.2. The second-order valence-electron chi connectivity index (χ2n) is 5.21. The number of methoxy groups -OCH3 is 1. The SMILES string of the molecule is COc1ccc(Cl)cc1CNc1nnc2n1CCCCC2. The summed E-state index contributed by atoms with van der Waals surface area (Å²) < 4.78 is 7.55. The number of anilines is 1. The number of hydrogen-bond acceptors (Lipinski definition) is 4. The molecule has 1 aromatic heterocycles. The van der Waals surface area contributed by atoms with Gasteiger partial charge < -0.3 is 10.1 Å². The molecule has 0 unspecified atom stereocenters. The minimum absolute atomic E-state index is 0.613. The Morgan fingerprint density at radius 3 is 3.05 bits per heavy atom. The molecule has 0 bridgehead atoms. The topological polar surface area (TPSA) is 52.0 Å². The maximum Gasteiger partial charge on any atom is 0.224 e. The maximum absolute atomic E-state index is 6.05. The fourth-order valence-electron chi connectivity index (χ4n) is 2.68. The highest BCUT2D eigenvalue weighted by molar-refractivity contribution is 6.30. The van der Waals surface area contributed by atoms with Gasteiger partial charge >= 0.3 is 0 Å². The number of fused-ring (bicyclic) bond motifs is 1. The number of aryl methyl sites for hydroxylation is 1. The van der Waals surface area contributed by atoms with E-state index in [1.807, 2.05) is 18.2 Å². The van der Waals surface area contributed by atoms with Crippen LogP contribution in [-0.4, -0.2) is 21.9 Å². The maximum atomic E-state index is 6.05. The normalized spacial score (nSPS) is 14.4. The Kier molecular flexibility index (Phi) is 4.29. The highest BCUT2D eigenvalue weighted by Crippen LogP contribution is 2.24. The van der Waals surface area contributed by atoms with Gasteiger partial charge in [0.1, 0.15) is 11.6 Å². The first-order valence-corrected chi connectivity index (χ1v) is 7.64. The molecular weight excluding hydrogens is 288 g/mol. The average Bonchev–Trinajstić information content (AvgIpc) is 2.72. The smallest absolute Gasteiger partial charge is 0.224 e. The van der Waals surface area contributed by atoms with Crippen molar-refractivity contribution < 1.29 is 4.74 Å². The summed E-state index contributed by atoms with van der Waals surface area (Å²) in [5, 5.41) is 12.6. The van der Waals surface area contributed by atoms with Crippen LogP contribution >= 0.6 is 11.6 Å². The van der Waals surface area contributed by atoms with Crippen LogP contribution in [0, 0.1) is 0 Å². The van der Waals surface area contributed by atoms with Gasteiger partial charge in [0.2, 0.25) is 5.95 Å². The van der Waals surface area contributed by atoms with Gasteiger partial charge in [0.25, 0.3) is 0 Å². The van der Waals surface area contributed by atoms with Gasteiger partial charge in [-0.25, -0.2) is 0 Å². The molecule has 1 aliphatic rings. The average molecular weight is 307 g/mol. The summed E-state index contributed by atoms with van der Waals surface area (Å²) in [5.74, 6) is 2.73. The molecule has 2 aromatic rings. The number of rotatable bonds is 4. The van der Waals surface area contributed by atoms with Crippen molar-refractivity contribution in [3.05, 3.63) is 34.6 Å². The zero-order valence-electron chi connectivity index (χ0n) is 12.1. The number of benzene rings is 1. The van der Waals surface area contributed by atoms with Crippen molar-refractivity contribution >= 4 is 17.5 Å². The second kappa shape index (κ2) is 6.35.